The zero-order chi connectivity index (χ0) is 16.4. The number of ether oxygens (including phenoxy) is 1. The van der Waals surface area contributed by atoms with Crippen LogP contribution in [0.1, 0.15) is 17.1 Å². The third kappa shape index (κ3) is 3.15. The third-order valence-corrected chi connectivity index (χ3v) is 3.41. The molecule has 2 heterocycles. The summed E-state index contributed by atoms with van der Waals surface area (Å²) in [5.74, 6) is 2.01. The van der Waals surface area contributed by atoms with Crippen LogP contribution in [-0.2, 0) is 0 Å². The summed E-state index contributed by atoms with van der Waals surface area (Å²) in [5.41, 5.74) is 3.65. The molecule has 0 aliphatic rings. The van der Waals surface area contributed by atoms with Crippen molar-refractivity contribution in [1.82, 2.24) is 19.7 Å². The normalized spacial score (nSPS) is 10.6. The van der Waals surface area contributed by atoms with Crippen molar-refractivity contribution in [3.63, 3.8) is 0 Å². The fourth-order valence-electron chi connectivity index (χ4n) is 2.43. The maximum atomic E-state index is 5.36. The van der Waals surface area contributed by atoms with Gasteiger partial charge in [0.15, 0.2) is 0 Å². The van der Waals surface area contributed by atoms with Gasteiger partial charge < -0.3 is 10.1 Å². The molecule has 0 atom stereocenters. The van der Waals surface area contributed by atoms with Gasteiger partial charge in [0.2, 0.25) is 0 Å². The van der Waals surface area contributed by atoms with Crippen molar-refractivity contribution < 1.29 is 4.74 Å². The van der Waals surface area contributed by atoms with Crippen molar-refractivity contribution in [1.29, 1.82) is 0 Å². The van der Waals surface area contributed by atoms with E-state index < -0.39 is 0 Å². The predicted octanol–water partition coefficient (Wildman–Crippen LogP) is 3.34. The summed E-state index contributed by atoms with van der Waals surface area (Å²) in [7, 11) is 1.65. The molecule has 0 saturated carbocycles. The van der Waals surface area contributed by atoms with Crippen LogP contribution in [0.5, 0.6) is 5.75 Å². The van der Waals surface area contributed by atoms with Crippen LogP contribution in [0.15, 0.2) is 36.4 Å². The van der Waals surface area contributed by atoms with E-state index in [2.05, 4.69) is 20.4 Å². The van der Waals surface area contributed by atoms with Crippen molar-refractivity contribution in [2.24, 2.45) is 0 Å². The van der Waals surface area contributed by atoms with Crippen LogP contribution in [0, 0.1) is 20.8 Å². The quantitative estimate of drug-likeness (QED) is 0.800. The fraction of sp³-hybridized carbons (Fsp3) is 0.235. The summed E-state index contributed by atoms with van der Waals surface area (Å²) in [4.78, 5) is 9.05. The monoisotopic (exact) mass is 309 g/mol. The zero-order valence-electron chi connectivity index (χ0n) is 13.7. The number of rotatable bonds is 4. The van der Waals surface area contributed by atoms with Gasteiger partial charge in [0.25, 0.3) is 5.95 Å². The van der Waals surface area contributed by atoms with Crippen molar-refractivity contribution in [2.45, 2.75) is 20.8 Å². The van der Waals surface area contributed by atoms with Gasteiger partial charge in [0.1, 0.15) is 11.6 Å². The van der Waals surface area contributed by atoms with Crippen LogP contribution < -0.4 is 10.1 Å². The van der Waals surface area contributed by atoms with Gasteiger partial charge >= 0.3 is 0 Å². The Morgan fingerprint density at radius 3 is 2.48 bits per heavy atom. The van der Waals surface area contributed by atoms with E-state index in [0.717, 1.165) is 28.5 Å². The molecule has 1 N–H and O–H groups in total. The second-order valence-electron chi connectivity index (χ2n) is 5.36. The Morgan fingerprint density at radius 1 is 1.00 bits per heavy atom. The van der Waals surface area contributed by atoms with Crippen LogP contribution in [0.3, 0.4) is 0 Å². The number of para-hydroxylation sites is 2. The van der Waals surface area contributed by atoms with Crippen LogP contribution in [0.4, 0.5) is 11.5 Å². The lowest BCUT2D eigenvalue weighted by molar-refractivity contribution is 0.417. The average Bonchev–Trinajstić information content (AvgIpc) is 2.86. The minimum absolute atomic E-state index is 0.549. The maximum absolute atomic E-state index is 5.36. The minimum atomic E-state index is 0.549. The Morgan fingerprint density at radius 2 is 1.78 bits per heavy atom. The van der Waals surface area contributed by atoms with Crippen molar-refractivity contribution >= 4 is 11.5 Å². The molecule has 0 radical (unpaired) electrons. The highest BCUT2D eigenvalue weighted by atomic mass is 16.5. The summed E-state index contributed by atoms with van der Waals surface area (Å²) in [6.07, 6.45) is 0. The number of methoxy groups -OCH3 is 1. The number of benzene rings is 1. The molecule has 2 aromatic heterocycles. The first-order valence-corrected chi connectivity index (χ1v) is 7.36. The van der Waals surface area contributed by atoms with Gasteiger partial charge in [-0.1, -0.05) is 12.1 Å². The molecule has 0 fully saturated rings. The van der Waals surface area contributed by atoms with Crippen molar-refractivity contribution in [2.75, 3.05) is 12.4 Å². The number of hydrogen-bond donors (Lipinski definition) is 1. The van der Waals surface area contributed by atoms with Crippen LogP contribution in [-0.4, -0.2) is 26.9 Å². The summed E-state index contributed by atoms with van der Waals surface area (Å²) in [6.45, 7) is 5.87. The number of nitrogens with one attached hydrogen (secondary N) is 1. The lowest BCUT2D eigenvalue weighted by Crippen LogP contribution is -2.08. The van der Waals surface area contributed by atoms with Gasteiger partial charge in [-0.15, -0.1) is 0 Å². The summed E-state index contributed by atoms with van der Waals surface area (Å²) >= 11 is 0. The second-order valence-corrected chi connectivity index (χ2v) is 5.36. The van der Waals surface area contributed by atoms with E-state index in [9.17, 15) is 0 Å². The minimum Gasteiger partial charge on any atom is -0.495 e. The number of nitrogens with zero attached hydrogens (tertiary/aromatic N) is 4. The molecular formula is C17H19N5O. The molecule has 118 valence electrons. The standard InChI is InChI=1S/C17H19N5O/c1-11-10-16(19-14-7-5-6-8-15(14)23-4)20-17(18-11)22-13(3)9-12(2)21-22/h5-10H,1-4H3,(H,18,19,20). The molecule has 3 rings (SSSR count). The molecule has 0 amide bonds. The van der Waals surface area contributed by atoms with Crippen molar-refractivity contribution in [3.8, 4) is 11.7 Å². The predicted molar refractivity (Wildman–Crippen MR) is 89.6 cm³/mol. The van der Waals surface area contributed by atoms with Gasteiger partial charge in [0, 0.05) is 17.5 Å². The molecule has 23 heavy (non-hydrogen) atoms. The molecule has 0 bridgehead atoms. The SMILES string of the molecule is COc1ccccc1Nc1cc(C)nc(-n2nc(C)cc2C)n1. The summed E-state index contributed by atoms with van der Waals surface area (Å²) < 4.78 is 7.11. The molecule has 0 aliphatic heterocycles. The first-order valence-electron chi connectivity index (χ1n) is 7.36. The molecule has 0 spiro atoms. The Bertz CT molecular complexity index is 841. The fourth-order valence-corrected chi connectivity index (χ4v) is 2.43. The highest BCUT2D eigenvalue weighted by Crippen LogP contribution is 2.26. The second kappa shape index (κ2) is 6.08. The number of hydrogen-bond acceptors (Lipinski definition) is 5. The highest BCUT2D eigenvalue weighted by molar-refractivity contribution is 5.64. The van der Waals surface area contributed by atoms with Crippen LogP contribution in [0.2, 0.25) is 0 Å². The number of aryl methyl sites for hydroxylation is 3. The number of anilines is 2. The largest absolute Gasteiger partial charge is 0.495 e. The molecular weight excluding hydrogens is 290 g/mol. The smallest absolute Gasteiger partial charge is 0.252 e. The molecule has 6 heteroatoms. The maximum Gasteiger partial charge on any atom is 0.252 e. The Hall–Kier alpha value is -2.89. The van der Waals surface area contributed by atoms with E-state index in [4.69, 9.17) is 4.74 Å². The first-order chi connectivity index (χ1) is 11.1. The molecule has 0 aliphatic carbocycles. The van der Waals surface area contributed by atoms with Gasteiger partial charge in [-0.3, -0.25) is 0 Å². The van der Waals surface area contributed by atoms with E-state index in [0.29, 0.717) is 11.8 Å². The number of aromatic nitrogens is 4. The van der Waals surface area contributed by atoms with E-state index in [1.165, 1.54) is 0 Å². The third-order valence-electron chi connectivity index (χ3n) is 3.41. The van der Waals surface area contributed by atoms with Gasteiger partial charge in [-0.2, -0.15) is 10.1 Å². The van der Waals surface area contributed by atoms with E-state index in [-0.39, 0.29) is 0 Å². The first kappa shape index (κ1) is 15.0. The van der Waals surface area contributed by atoms with E-state index >= 15 is 0 Å². The lowest BCUT2D eigenvalue weighted by atomic mass is 10.3. The molecule has 6 nitrogen and oxygen atoms in total. The van der Waals surface area contributed by atoms with Gasteiger partial charge in [-0.05, 0) is 39.0 Å². The van der Waals surface area contributed by atoms with Crippen molar-refractivity contribution in [3.05, 3.63) is 53.5 Å². The Labute approximate surface area is 135 Å². The summed E-state index contributed by atoms with van der Waals surface area (Å²) in [5, 5.41) is 7.73. The Kier molecular flexibility index (Phi) is 3.97. The molecule has 3 aromatic rings. The van der Waals surface area contributed by atoms with Crippen LogP contribution in [0.25, 0.3) is 5.95 Å². The molecule has 0 unspecified atom stereocenters. The average molecular weight is 309 g/mol. The summed E-state index contributed by atoms with van der Waals surface area (Å²) in [6, 6.07) is 11.6. The molecule has 1 aromatic carbocycles. The Balaban J connectivity index is 1.99. The van der Waals surface area contributed by atoms with Gasteiger partial charge in [-0.25, -0.2) is 9.67 Å². The zero-order valence-corrected chi connectivity index (χ0v) is 13.7. The highest BCUT2D eigenvalue weighted by Gasteiger charge is 2.10. The lowest BCUT2D eigenvalue weighted by Gasteiger charge is -2.12. The van der Waals surface area contributed by atoms with E-state index in [1.807, 2.05) is 57.2 Å². The topological polar surface area (TPSA) is 64.9 Å². The van der Waals surface area contributed by atoms with E-state index in [1.54, 1.807) is 11.8 Å². The molecule has 0 saturated heterocycles. The van der Waals surface area contributed by atoms with Crippen LogP contribution >= 0.6 is 0 Å². The van der Waals surface area contributed by atoms with Gasteiger partial charge in [0.05, 0.1) is 18.5 Å².